The lowest BCUT2D eigenvalue weighted by molar-refractivity contribution is -0.137. The van der Waals surface area contributed by atoms with Gasteiger partial charge in [0, 0.05) is 34.3 Å². The zero-order valence-corrected chi connectivity index (χ0v) is 17.1. The summed E-state index contributed by atoms with van der Waals surface area (Å²) in [6, 6.07) is 9.83. The quantitative estimate of drug-likeness (QED) is 0.397. The van der Waals surface area contributed by atoms with Crippen LogP contribution in [0, 0.1) is 11.8 Å². The van der Waals surface area contributed by atoms with Gasteiger partial charge in [-0.3, -0.25) is 9.59 Å². The number of unbranched alkanes of at least 4 members (excludes halogenated alkanes) is 3. The number of aliphatic hydroxyl groups excluding tert-OH is 1. The molecule has 1 aromatic heterocycles. The lowest BCUT2D eigenvalue weighted by Gasteiger charge is -2.17. The highest BCUT2D eigenvalue weighted by molar-refractivity contribution is 7.19. The van der Waals surface area contributed by atoms with E-state index < -0.39 is 24.2 Å². The molecular formula is C23H27FO4S. The maximum Gasteiger partial charge on any atom is 0.303 e. The number of allylic oxidation sites excluding steroid dienone is 1. The first-order chi connectivity index (χ1) is 14.0. The first-order valence-electron chi connectivity index (χ1n) is 10.2. The SMILES string of the molecule is O=C(O)CCCCCC[C@H]1C(=O)C[C@H](F)[C@H]1C=C[C@@H](O)c1cc2ccccc2s1. The Balaban J connectivity index is 1.56. The number of alkyl halides is 1. The fraction of sp³-hybridized carbons (Fsp3) is 0.478. The van der Waals surface area contributed by atoms with Gasteiger partial charge in [0.25, 0.3) is 0 Å². The molecular weight excluding hydrogens is 391 g/mol. The van der Waals surface area contributed by atoms with E-state index in [1.54, 1.807) is 12.2 Å². The summed E-state index contributed by atoms with van der Waals surface area (Å²) in [6.45, 7) is 0. The number of carboxylic acid groups (broad SMARTS) is 1. The van der Waals surface area contributed by atoms with Crippen LogP contribution < -0.4 is 0 Å². The summed E-state index contributed by atoms with van der Waals surface area (Å²) in [6.07, 6.45) is 5.05. The zero-order chi connectivity index (χ0) is 20.8. The number of Topliss-reactive ketones (excluding diaryl/α,β-unsaturated/α-hetero) is 1. The Bertz CT molecular complexity index is 842. The number of hydrogen-bond acceptors (Lipinski definition) is 4. The molecule has 1 aromatic carbocycles. The third-order valence-corrected chi connectivity index (χ3v) is 6.79. The van der Waals surface area contributed by atoms with E-state index in [1.807, 2.05) is 30.3 Å². The molecule has 0 radical (unpaired) electrons. The molecule has 29 heavy (non-hydrogen) atoms. The molecule has 0 aliphatic heterocycles. The Morgan fingerprint density at radius 1 is 1.24 bits per heavy atom. The molecule has 1 heterocycles. The van der Waals surface area contributed by atoms with Gasteiger partial charge >= 0.3 is 5.97 Å². The number of aliphatic hydroxyl groups is 1. The number of carbonyl (C=O) groups is 2. The van der Waals surface area contributed by atoms with E-state index in [2.05, 4.69) is 0 Å². The van der Waals surface area contributed by atoms with Gasteiger partial charge in [-0.1, -0.05) is 49.6 Å². The highest BCUT2D eigenvalue weighted by atomic mass is 32.1. The van der Waals surface area contributed by atoms with Crippen LogP contribution in [0.2, 0.25) is 0 Å². The number of fused-ring (bicyclic) bond motifs is 1. The van der Waals surface area contributed by atoms with Crippen molar-refractivity contribution >= 4 is 33.2 Å². The number of rotatable bonds is 10. The van der Waals surface area contributed by atoms with Gasteiger partial charge in [0.1, 0.15) is 18.1 Å². The van der Waals surface area contributed by atoms with Gasteiger partial charge in [0.15, 0.2) is 0 Å². The molecule has 1 aliphatic carbocycles. The Hall–Kier alpha value is -2.05. The first kappa shape index (κ1) is 21.7. The van der Waals surface area contributed by atoms with Gasteiger partial charge in [-0.05, 0) is 30.4 Å². The number of benzene rings is 1. The molecule has 1 saturated carbocycles. The normalized spacial score (nSPS) is 23.2. The second-order valence-electron chi connectivity index (χ2n) is 7.73. The molecule has 1 aliphatic rings. The summed E-state index contributed by atoms with van der Waals surface area (Å²) >= 11 is 1.51. The lowest BCUT2D eigenvalue weighted by atomic mass is 9.89. The molecule has 4 atom stereocenters. The smallest absolute Gasteiger partial charge is 0.303 e. The van der Waals surface area contributed by atoms with Gasteiger partial charge in [-0.25, -0.2) is 4.39 Å². The molecule has 0 amide bonds. The Kier molecular flexibility index (Phi) is 7.56. The van der Waals surface area contributed by atoms with Crippen LogP contribution in [-0.2, 0) is 9.59 Å². The average Bonchev–Trinajstić information content (AvgIpc) is 3.23. The standard InChI is InChI=1S/C23H27FO4S/c24-18-14-20(26)17(8-3-1-2-4-10-23(27)28)16(18)11-12-19(25)22-13-15-7-5-6-9-21(15)29-22/h5-7,9,11-13,16-19,25H,1-4,8,10,14H2,(H,27,28)/t16-,17+,18-,19+/m0/s1. The number of ketones is 1. The third kappa shape index (κ3) is 5.73. The molecule has 4 nitrogen and oxygen atoms in total. The van der Waals surface area contributed by atoms with Crippen molar-refractivity contribution in [3.63, 3.8) is 0 Å². The lowest BCUT2D eigenvalue weighted by Crippen LogP contribution is -2.16. The van der Waals surface area contributed by atoms with Crippen LogP contribution in [0.15, 0.2) is 42.5 Å². The third-order valence-electron chi connectivity index (χ3n) is 5.60. The summed E-state index contributed by atoms with van der Waals surface area (Å²) in [4.78, 5) is 23.6. The number of hydrogen-bond donors (Lipinski definition) is 2. The summed E-state index contributed by atoms with van der Waals surface area (Å²) in [7, 11) is 0. The number of thiophene rings is 1. The summed E-state index contributed by atoms with van der Waals surface area (Å²) in [5.74, 6) is -1.69. The topological polar surface area (TPSA) is 74.6 Å². The number of aliphatic carboxylic acids is 1. The molecule has 0 saturated heterocycles. The maximum atomic E-state index is 14.4. The van der Waals surface area contributed by atoms with E-state index in [4.69, 9.17) is 5.11 Å². The highest BCUT2D eigenvalue weighted by Gasteiger charge is 2.40. The Morgan fingerprint density at radius 3 is 2.76 bits per heavy atom. The van der Waals surface area contributed by atoms with E-state index in [0.717, 1.165) is 34.2 Å². The summed E-state index contributed by atoms with van der Waals surface area (Å²) in [5, 5.41) is 20.2. The first-order valence-corrected chi connectivity index (χ1v) is 11.0. The summed E-state index contributed by atoms with van der Waals surface area (Å²) in [5.41, 5.74) is 0. The Morgan fingerprint density at radius 2 is 2.00 bits per heavy atom. The number of carboxylic acids is 1. The van der Waals surface area contributed by atoms with Crippen LogP contribution in [0.1, 0.15) is 55.9 Å². The van der Waals surface area contributed by atoms with Crippen LogP contribution in [0.3, 0.4) is 0 Å². The molecule has 2 N–H and O–H groups in total. The predicted octanol–water partition coefficient (Wildman–Crippen LogP) is 5.46. The second kappa shape index (κ2) is 10.1. The van der Waals surface area contributed by atoms with Crippen LogP contribution in [0.5, 0.6) is 0 Å². The van der Waals surface area contributed by atoms with Crippen molar-refractivity contribution < 1.29 is 24.2 Å². The van der Waals surface area contributed by atoms with Crippen LogP contribution in [-0.4, -0.2) is 28.1 Å². The van der Waals surface area contributed by atoms with E-state index in [0.29, 0.717) is 12.8 Å². The molecule has 6 heteroatoms. The monoisotopic (exact) mass is 418 g/mol. The fourth-order valence-electron chi connectivity index (χ4n) is 4.03. The van der Waals surface area contributed by atoms with Gasteiger partial charge in [0.05, 0.1) is 0 Å². The van der Waals surface area contributed by atoms with E-state index >= 15 is 0 Å². The van der Waals surface area contributed by atoms with Crippen molar-refractivity contribution in [3.05, 3.63) is 47.4 Å². The van der Waals surface area contributed by atoms with Gasteiger partial charge in [-0.2, -0.15) is 0 Å². The second-order valence-corrected chi connectivity index (χ2v) is 8.85. The van der Waals surface area contributed by atoms with Gasteiger partial charge in [0.2, 0.25) is 0 Å². The minimum atomic E-state index is -1.20. The van der Waals surface area contributed by atoms with E-state index in [9.17, 15) is 19.1 Å². The number of carbonyl (C=O) groups excluding carboxylic acids is 1. The largest absolute Gasteiger partial charge is 0.481 e. The van der Waals surface area contributed by atoms with Crippen LogP contribution in [0.4, 0.5) is 4.39 Å². The van der Waals surface area contributed by atoms with Crippen molar-refractivity contribution in [2.75, 3.05) is 0 Å². The van der Waals surface area contributed by atoms with E-state index in [1.165, 1.54) is 11.3 Å². The zero-order valence-electron chi connectivity index (χ0n) is 16.3. The molecule has 0 spiro atoms. The average molecular weight is 419 g/mol. The van der Waals surface area contributed by atoms with Crippen molar-refractivity contribution in [3.8, 4) is 0 Å². The van der Waals surface area contributed by atoms with Crippen molar-refractivity contribution in [1.29, 1.82) is 0 Å². The minimum absolute atomic E-state index is 0.0472. The molecule has 0 bridgehead atoms. The molecule has 156 valence electrons. The van der Waals surface area contributed by atoms with Crippen LogP contribution in [0.25, 0.3) is 10.1 Å². The van der Waals surface area contributed by atoms with Gasteiger partial charge in [-0.15, -0.1) is 11.3 Å². The van der Waals surface area contributed by atoms with Crippen molar-refractivity contribution in [1.82, 2.24) is 0 Å². The highest BCUT2D eigenvalue weighted by Crippen LogP contribution is 2.37. The maximum absolute atomic E-state index is 14.4. The van der Waals surface area contributed by atoms with Gasteiger partial charge < -0.3 is 10.2 Å². The van der Waals surface area contributed by atoms with E-state index in [-0.39, 0.29) is 24.5 Å². The molecule has 0 unspecified atom stereocenters. The van der Waals surface area contributed by atoms with Crippen molar-refractivity contribution in [2.24, 2.45) is 11.8 Å². The molecule has 2 aromatic rings. The Labute approximate surface area is 174 Å². The van der Waals surface area contributed by atoms with Crippen molar-refractivity contribution in [2.45, 2.75) is 57.2 Å². The molecule has 1 fully saturated rings. The number of halogens is 1. The minimum Gasteiger partial charge on any atom is -0.481 e. The summed E-state index contributed by atoms with van der Waals surface area (Å²) < 4.78 is 15.5. The predicted molar refractivity (Wildman–Crippen MR) is 113 cm³/mol. The van der Waals surface area contributed by atoms with Crippen LogP contribution >= 0.6 is 11.3 Å². The molecule has 3 rings (SSSR count). The fourth-order valence-corrected chi connectivity index (χ4v) is 5.06.